The first-order valence-electron chi connectivity index (χ1n) is 4.97. The molecule has 0 aromatic heterocycles. The molecule has 0 spiro atoms. The van der Waals surface area contributed by atoms with Crippen LogP contribution >= 0.6 is 23.4 Å². The van der Waals surface area contributed by atoms with Crippen molar-refractivity contribution in [1.29, 1.82) is 0 Å². The van der Waals surface area contributed by atoms with Gasteiger partial charge in [-0.25, -0.2) is 0 Å². The molecule has 0 radical (unpaired) electrons. The Morgan fingerprint density at radius 2 is 2.13 bits per heavy atom. The van der Waals surface area contributed by atoms with Gasteiger partial charge in [0.15, 0.2) is 11.5 Å². The van der Waals surface area contributed by atoms with Gasteiger partial charge in [-0.3, -0.25) is 0 Å². The van der Waals surface area contributed by atoms with Crippen LogP contribution in [-0.2, 0) is 5.75 Å². The third-order valence-electron chi connectivity index (χ3n) is 2.13. The van der Waals surface area contributed by atoms with Gasteiger partial charge in [0, 0.05) is 5.75 Å². The van der Waals surface area contributed by atoms with E-state index >= 15 is 0 Å². The molecule has 0 saturated heterocycles. The Labute approximate surface area is 98.9 Å². The first-order chi connectivity index (χ1) is 7.31. The van der Waals surface area contributed by atoms with E-state index in [4.69, 9.17) is 21.1 Å². The summed E-state index contributed by atoms with van der Waals surface area (Å²) in [6.07, 6.45) is 0. The summed E-state index contributed by atoms with van der Waals surface area (Å²) in [5.74, 6) is 3.53. The van der Waals surface area contributed by atoms with E-state index in [0.717, 1.165) is 17.3 Å². The van der Waals surface area contributed by atoms with E-state index in [2.05, 4.69) is 6.92 Å². The van der Waals surface area contributed by atoms with Gasteiger partial charge < -0.3 is 9.47 Å². The van der Waals surface area contributed by atoms with Crippen molar-refractivity contribution in [1.82, 2.24) is 0 Å². The molecule has 0 saturated carbocycles. The van der Waals surface area contributed by atoms with Crippen molar-refractivity contribution in [2.75, 3.05) is 19.0 Å². The average molecular weight is 245 g/mol. The van der Waals surface area contributed by atoms with Gasteiger partial charge in [0.1, 0.15) is 13.2 Å². The van der Waals surface area contributed by atoms with Crippen LogP contribution in [0.1, 0.15) is 12.5 Å². The molecule has 0 aliphatic carbocycles. The number of hydrogen-bond acceptors (Lipinski definition) is 3. The number of hydrogen-bond donors (Lipinski definition) is 0. The fourth-order valence-corrected chi connectivity index (χ4v) is 2.36. The van der Waals surface area contributed by atoms with Crippen molar-refractivity contribution < 1.29 is 9.47 Å². The number of halogens is 1. The molecule has 4 heteroatoms. The molecule has 1 aliphatic rings. The Kier molecular flexibility index (Phi) is 3.65. The van der Waals surface area contributed by atoms with Crippen LogP contribution in [0.25, 0.3) is 0 Å². The fourth-order valence-electron chi connectivity index (χ4n) is 1.47. The maximum atomic E-state index is 6.11. The molecule has 0 amide bonds. The maximum absolute atomic E-state index is 6.11. The number of rotatable bonds is 3. The Hall–Kier alpha value is -0.540. The van der Waals surface area contributed by atoms with Crippen molar-refractivity contribution in [3.05, 3.63) is 22.7 Å². The van der Waals surface area contributed by atoms with Crippen LogP contribution in [0.15, 0.2) is 12.1 Å². The van der Waals surface area contributed by atoms with Gasteiger partial charge in [-0.15, -0.1) is 0 Å². The SMILES string of the molecule is CCSCc1cc(Cl)c2c(c1)OCCO2. The topological polar surface area (TPSA) is 18.5 Å². The average Bonchev–Trinajstić information content (AvgIpc) is 2.26. The van der Waals surface area contributed by atoms with Gasteiger partial charge in [-0.05, 0) is 23.4 Å². The molecule has 2 rings (SSSR count). The van der Waals surface area contributed by atoms with E-state index in [1.54, 1.807) is 0 Å². The van der Waals surface area contributed by atoms with E-state index in [9.17, 15) is 0 Å². The van der Waals surface area contributed by atoms with Crippen LogP contribution in [0.3, 0.4) is 0 Å². The van der Waals surface area contributed by atoms with Crippen molar-refractivity contribution in [2.45, 2.75) is 12.7 Å². The van der Waals surface area contributed by atoms with Crippen LogP contribution in [0, 0.1) is 0 Å². The summed E-state index contributed by atoms with van der Waals surface area (Å²) in [6, 6.07) is 3.97. The van der Waals surface area contributed by atoms with Crippen molar-refractivity contribution in [3.8, 4) is 11.5 Å². The fraction of sp³-hybridized carbons (Fsp3) is 0.455. The largest absolute Gasteiger partial charge is 0.486 e. The molecule has 0 bridgehead atoms. The molecule has 0 N–H and O–H groups in total. The van der Waals surface area contributed by atoms with Crippen LogP contribution < -0.4 is 9.47 Å². The van der Waals surface area contributed by atoms with Crippen molar-refractivity contribution in [3.63, 3.8) is 0 Å². The molecular formula is C11H13ClO2S. The zero-order valence-corrected chi connectivity index (χ0v) is 10.2. The highest BCUT2D eigenvalue weighted by atomic mass is 35.5. The molecule has 1 heterocycles. The van der Waals surface area contributed by atoms with E-state index in [1.807, 2.05) is 23.9 Å². The van der Waals surface area contributed by atoms with Gasteiger partial charge in [0.05, 0.1) is 5.02 Å². The van der Waals surface area contributed by atoms with Crippen LogP contribution in [0.2, 0.25) is 5.02 Å². The quantitative estimate of drug-likeness (QED) is 0.812. The number of ether oxygens (including phenoxy) is 2. The predicted octanol–water partition coefficient (Wildman–Crippen LogP) is 3.36. The van der Waals surface area contributed by atoms with Gasteiger partial charge in [0.2, 0.25) is 0 Å². The normalized spacial score (nSPS) is 14.0. The lowest BCUT2D eigenvalue weighted by atomic mass is 10.2. The second kappa shape index (κ2) is 4.99. The minimum absolute atomic E-state index is 0.579. The molecule has 1 aromatic carbocycles. The predicted molar refractivity (Wildman–Crippen MR) is 64.3 cm³/mol. The molecule has 0 unspecified atom stereocenters. The van der Waals surface area contributed by atoms with Crippen molar-refractivity contribution >= 4 is 23.4 Å². The van der Waals surface area contributed by atoms with E-state index in [1.165, 1.54) is 5.56 Å². The third-order valence-corrected chi connectivity index (χ3v) is 3.36. The molecule has 1 aliphatic heterocycles. The lowest BCUT2D eigenvalue weighted by Crippen LogP contribution is -2.15. The lowest BCUT2D eigenvalue weighted by molar-refractivity contribution is 0.171. The van der Waals surface area contributed by atoms with Gasteiger partial charge in [0.25, 0.3) is 0 Å². The zero-order chi connectivity index (χ0) is 10.7. The highest BCUT2D eigenvalue weighted by molar-refractivity contribution is 7.98. The Balaban J connectivity index is 2.24. The molecule has 0 atom stereocenters. The summed E-state index contributed by atoms with van der Waals surface area (Å²) in [6.45, 7) is 3.33. The summed E-state index contributed by atoms with van der Waals surface area (Å²) < 4.78 is 11.0. The highest BCUT2D eigenvalue weighted by Crippen LogP contribution is 2.38. The third kappa shape index (κ3) is 2.52. The van der Waals surface area contributed by atoms with Crippen LogP contribution in [0.5, 0.6) is 11.5 Å². The molecule has 15 heavy (non-hydrogen) atoms. The monoisotopic (exact) mass is 244 g/mol. The molecular weight excluding hydrogens is 232 g/mol. The van der Waals surface area contributed by atoms with Gasteiger partial charge >= 0.3 is 0 Å². The van der Waals surface area contributed by atoms with Crippen LogP contribution in [0.4, 0.5) is 0 Å². The number of benzene rings is 1. The van der Waals surface area contributed by atoms with E-state index in [0.29, 0.717) is 24.0 Å². The minimum Gasteiger partial charge on any atom is -0.486 e. The van der Waals surface area contributed by atoms with E-state index in [-0.39, 0.29) is 0 Å². The highest BCUT2D eigenvalue weighted by Gasteiger charge is 2.16. The maximum Gasteiger partial charge on any atom is 0.179 e. The standard InChI is InChI=1S/C11H13ClO2S/c1-2-15-7-8-5-9(12)11-10(6-8)13-3-4-14-11/h5-6H,2-4,7H2,1H3. The summed E-state index contributed by atoms with van der Waals surface area (Å²) >= 11 is 7.98. The molecule has 82 valence electrons. The Bertz CT molecular complexity index is 355. The Morgan fingerprint density at radius 1 is 1.33 bits per heavy atom. The first kappa shape index (κ1) is 11.0. The molecule has 2 nitrogen and oxygen atoms in total. The Morgan fingerprint density at radius 3 is 2.93 bits per heavy atom. The van der Waals surface area contributed by atoms with Crippen LogP contribution in [-0.4, -0.2) is 19.0 Å². The zero-order valence-electron chi connectivity index (χ0n) is 8.59. The second-order valence-corrected chi connectivity index (χ2v) is 4.92. The summed E-state index contributed by atoms with van der Waals surface area (Å²) in [5, 5.41) is 0.652. The van der Waals surface area contributed by atoms with E-state index < -0.39 is 0 Å². The minimum atomic E-state index is 0.579. The lowest BCUT2D eigenvalue weighted by Gasteiger charge is -2.20. The summed E-state index contributed by atoms with van der Waals surface area (Å²) in [4.78, 5) is 0. The second-order valence-electron chi connectivity index (χ2n) is 3.24. The molecule has 0 fully saturated rings. The summed E-state index contributed by atoms with van der Waals surface area (Å²) in [5.41, 5.74) is 1.19. The molecule has 1 aromatic rings. The summed E-state index contributed by atoms with van der Waals surface area (Å²) in [7, 11) is 0. The number of thioether (sulfide) groups is 1. The van der Waals surface area contributed by atoms with Crippen molar-refractivity contribution in [2.24, 2.45) is 0 Å². The first-order valence-corrected chi connectivity index (χ1v) is 6.50. The smallest absolute Gasteiger partial charge is 0.179 e. The van der Waals surface area contributed by atoms with Gasteiger partial charge in [-0.2, -0.15) is 11.8 Å². The van der Waals surface area contributed by atoms with Gasteiger partial charge in [-0.1, -0.05) is 18.5 Å². The number of fused-ring (bicyclic) bond motifs is 1.